The zero-order valence-corrected chi connectivity index (χ0v) is 11.9. The van der Waals surface area contributed by atoms with Gasteiger partial charge in [0, 0.05) is 18.3 Å². The van der Waals surface area contributed by atoms with E-state index in [0.29, 0.717) is 12.2 Å². The number of benzene rings is 2. The van der Waals surface area contributed by atoms with Crippen LogP contribution in [0, 0.1) is 0 Å². The SMILES string of the molecule is COc1ccc(CNC(=O)/C=C/c2cccc(N)c2)cc1. The Kier molecular flexibility index (Phi) is 4.99. The smallest absolute Gasteiger partial charge is 0.244 e. The predicted molar refractivity (Wildman–Crippen MR) is 84.7 cm³/mol. The van der Waals surface area contributed by atoms with Gasteiger partial charge in [-0.25, -0.2) is 0 Å². The van der Waals surface area contributed by atoms with Crippen LogP contribution in [0.2, 0.25) is 0 Å². The molecular formula is C17H18N2O2. The number of carbonyl (C=O) groups is 1. The van der Waals surface area contributed by atoms with Crippen molar-refractivity contribution < 1.29 is 9.53 Å². The van der Waals surface area contributed by atoms with Crippen molar-refractivity contribution in [2.24, 2.45) is 0 Å². The molecule has 0 saturated carbocycles. The highest BCUT2D eigenvalue weighted by Crippen LogP contribution is 2.11. The minimum Gasteiger partial charge on any atom is -0.497 e. The maximum atomic E-state index is 11.7. The first-order valence-corrected chi connectivity index (χ1v) is 6.62. The molecule has 0 spiro atoms. The van der Waals surface area contributed by atoms with Gasteiger partial charge in [0.25, 0.3) is 0 Å². The zero-order chi connectivity index (χ0) is 15.1. The van der Waals surface area contributed by atoms with E-state index in [-0.39, 0.29) is 5.91 Å². The Morgan fingerprint density at radius 3 is 2.67 bits per heavy atom. The molecule has 0 aliphatic rings. The van der Waals surface area contributed by atoms with Gasteiger partial charge >= 0.3 is 0 Å². The van der Waals surface area contributed by atoms with E-state index in [9.17, 15) is 4.79 Å². The van der Waals surface area contributed by atoms with E-state index in [0.717, 1.165) is 16.9 Å². The number of methoxy groups -OCH3 is 1. The van der Waals surface area contributed by atoms with Crippen molar-refractivity contribution in [1.29, 1.82) is 0 Å². The van der Waals surface area contributed by atoms with E-state index in [2.05, 4.69) is 5.32 Å². The average Bonchev–Trinajstić information content (AvgIpc) is 2.51. The van der Waals surface area contributed by atoms with Crippen molar-refractivity contribution in [3.63, 3.8) is 0 Å². The summed E-state index contributed by atoms with van der Waals surface area (Å²) < 4.78 is 5.08. The van der Waals surface area contributed by atoms with E-state index >= 15 is 0 Å². The monoisotopic (exact) mass is 282 g/mol. The number of nitrogens with one attached hydrogen (secondary N) is 1. The van der Waals surface area contributed by atoms with Crippen LogP contribution in [0.1, 0.15) is 11.1 Å². The molecule has 0 fully saturated rings. The van der Waals surface area contributed by atoms with E-state index < -0.39 is 0 Å². The van der Waals surface area contributed by atoms with Gasteiger partial charge in [-0.3, -0.25) is 4.79 Å². The van der Waals surface area contributed by atoms with Gasteiger partial charge in [0.1, 0.15) is 5.75 Å². The van der Waals surface area contributed by atoms with Crippen molar-refractivity contribution in [1.82, 2.24) is 5.32 Å². The lowest BCUT2D eigenvalue weighted by molar-refractivity contribution is -0.116. The highest BCUT2D eigenvalue weighted by molar-refractivity contribution is 5.91. The first-order valence-electron chi connectivity index (χ1n) is 6.62. The third kappa shape index (κ3) is 4.69. The van der Waals surface area contributed by atoms with Gasteiger partial charge in [0.15, 0.2) is 0 Å². The average molecular weight is 282 g/mol. The van der Waals surface area contributed by atoms with Crippen molar-refractivity contribution in [2.45, 2.75) is 6.54 Å². The predicted octanol–water partition coefficient (Wildman–Crippen LogP) is 2.61. The number of anilines is 1. The molecule has 2 aromatic rings. The van der Waals surface area contributed by atoms with Crippen molar-refractivity contribution in [2.75, 3.05) is 12.8 Å². The van der Waals surface area contributed by atoms with Crippen LogP contribution in [-0.4, -0.2) is 13.0 Å². The molecule has 3 N–H and O–H groups in total. The summed E-state index contributed by atoms with van der Waals surface area (Å²) in [4.78, 5) is 11.7. The Labute approximate surface area is 124 Å². The van der Waals surface area contributed by atoms with Crippen molar-refractivity contribution in [3.8, 4) is 5.75 Å². The van der Waals surface area contributed by atoms with Crippen LogP contribution < -0.4 is 15.8 Å². The summed E-state index contributed by atoms with van der Waals surface area (Å²) >= 11 is 0. The van der Waals surface area contributed by atoms with Gasteiger partial charge in [-0.15, -0.1) is 0 Å². The van der Waals surface area contributed by atoms with Crippen LogP contribution in [0.15, 0.2) is 54.6 Å². The Hall–Kier alpha value is -2.75. The molecule has 21 heavy (non-hydrogen) atoms. The lowest BCUT2D eigenvalue weighted by Gasteiger charge is -2.04. The van der Waals surface area contributed by atoms with Crippen LogP contribution in [0.5, 0.6) is 5.75 Å². The number of nitrogen functional groups attached to an aromatic ring is 1. The van der Waals surface area contributed by atoms with Crippen molar-refractivity contribution >= 4 is 17.7 Å². The summed E-state index contributed by atoms with van der Waals surface area (Å²) in [6, 6.07) is 14.9. The molecule has 0 atom stereocenters. The lowest BCUT2D eigenvalue weighted by atomic mass is 10.2. The van der Waals surface area contributed by atoms with Gasteiger partial charge in [-0.1, -0.05) is 24.3 Å². The highest BCUT2D eigenvalue weighted by atomic mass is 16.5. The molecule has 0 aromatic heterocycles. The van der Waals surface area contributed by atoms with E-state index in [1.165, 1.54) is 6.08 Å². The van der Waals surface area contributed by atoms with Crippen LogP contribution in [0.3, 0.4) is 0 Å². The molecule has 1 amide bonds. The number of hydrogen-bond donors (Lipinski definition) is 2. The second-order valence-electron chi connectivity index (χ2n) is 4.57. The maximum Gasteiger partial charge on any atom is 0.244 e. The third-order valence-electron chi connectivity index (χ3n) is 2.96. The summed E-state index contributed by atoms with van der Waals surface area (Å²) in [5, 5.41) is 2.82. The molecule has 2 rings (SSSR count). The van der Waals surface area contributed by atoms with E-state index in [4.69, 9.17) is 10.5 Å². The number of hydrogen-bond acceptors (Lipinski definition) is 3. The molecule has 0 aliphatic carbocycles. The van der Waals surface area contributed by atoms with Gasteiger partial charge in [0.2, 0.25) is 5.91 Å². The minimum atomic E-state index is -0.145. The molecular weight excluding hydrogens is 264 g/mol. The number of rotatable bonds is 5. The molecule has 4 heteroatoms. The molecule has 4 nitrogen and oxygen atoms in total. The number of ether oxygens (including phenoxy) is 1. The minimum absolute atomic E-state index is 0.145. The van der Waals surface area contributed by atoms with Gasteiger partial charge in [0.05, 0.1) is 7.11 Å². The quantitative estimate of drug-likeness (QED) is 0.654. The Balaban J connectivity index is 1.86. The van der Waals surface area contributed by atoms with Gasteiger partial charge < -0.3 is 15.8 Å². The first kappa shape index (κ1) is 14.7. The lowest BCUT2D eigenvalue weighted by Crippen LogP contribution is -2.20. The van der Waals surface area contributed by atoms with Crippen LogP contribution in [0.4, 0.5) is 5.69 Å². The second kappa shape index (κ2) is 7.14. The Bertz CT molecular complexity index is 633. The normalized spacial score (nSPS) is 10.5. The molecule has 0 bridgehead atoms. The summed E-state index contributed by atoms with van der Waals surface area (Å²) in [5.41, 5.74) is 8.27. The fraction of sp³-hybridized carbons (Fsp3) is 0.118. The topological polar surface area (TPSA) is 64.3 Å². The second-order valence-corrected chi connectivity index (χ2v) is 4.57. The third-order valence-corrected chi connectivity index (χ3v) is 2.96. The number of carbonyl (C=O) groups excluding carboxylic acids is 1. The summed E-state index contributed by atoms with van der Waals surface area (Å²) in [7, 11) is 1.62. The van der Waals surface area contributed by atoms with Gasteiger partial charge in [-0.2, -0.15) is 0 Å². The molecule has 0 saturated heterocycles. The maximum absolute atomic E-state index is 11.7. The Morgan fingerprint density at radius 1 is 1.24 bits per heavy atom. The highest BCUT2D eigenvalue weighted by Gasteiger charge is 1.98. The summed E-state index contributed by atoms with van der Waals surface area (Å²) in [6.07, 6.45) is 3.23. The Morgan fingerprint density at radius 2 is 2.00 bits per heavy atom. The summed E-state index contributed by atoms with van der Waals surface area (Å²) in [5.74, 6) is 0.653. The molecule has 0 radical (unpaired) electrons. The molecule has 0 unspecified atom stereocenters. The summed E-state index contributed by atoms with van der Waals surface area (Å²) in [6.45, 7) is 0.476. The van der Waals surface area contributed by atoms with Crippen molar-refractivity contribution in [3.05, 3.63) is 65.7 Å². The van der Waals surface area contributed by atoms with E-state index in [1.807, 2.05) is 42.5 Å². The van der Waals surface area contributed by atoms with Gasteiger partial charge in [-0.05, 0) is 41.5 Å². The number of amides is 1. The number of nitrogens with two attached hydrogens (primary N) is 1. The van der Waals surface area contributed by atoms with Crippen LogP contribution in [-0.2, 0) is 11.3 Å². The van der Waals surface area contributed by atoms with E-state index in [1.54, 1.807) is 19.3 Å². The molecule has 2 aromatic carbocycles. The standard InChI is InChI=1S/C17H18N2O2/c1-21-16-8-5-14(6-9-16)12-19-17(20)10-7-13-3-2-4-15(18)11-13/h2-11H,12,18H2,1H3,(H,19,20)/b10-7+. The molecule has 108 valence electrons. The molecule has 0 aliphatic heterocycles. The largest absolute Gasteiger partial charge is 0.497 e. The fourth-order valence-corrected chi connectivity index (χ4v) is 1.83. The molecule has 0 heterocycles. The fourth-order valence-electron chi connectivity index (χ4n) is 1.83. The van der Waals surface area contributed by atoms with Crippen LogP contribution >= 0.6 is 0 Å². The van der Waals surface area contributed by atoms with Crippen LogP contribution in [0.25, 0.3) is 6.08 Å². The first-order chi connectivity index (χ1) is 10.2. The zero-order valence-electron chi connectivity index (χ0n) is 11.9.